The summed E-state index contributed by atoms with van der Waals surface area (Å²) in [7, 11) is 0. The first-order valence-corrected chi connectivity index (χ1v) is 15.2. The molecule has 0 aliphatic carbocycles. The molecule has 0 N–H and O–H groups in total. The average molecular weight is 576 g/mol. The molecular weight excluding hydrogens is 546 g/mol. The first-order valence-electron chi connectivity index (χ1n) is 15.2. The Labute approximate surface area is 262 Å². The second kappa shape index (κ2) is 11.3. The zero-order chi connectivity index (χ0) is 30.2. The maximum absolute atomic E-state index is 5.18. The van der Waals surface area contributed by atoms with E-state index in [0.29, 0.717) is 5.82 Å². The fraction of sp³-hybridized carbons (Fsp3) is 0.0238. The lowest BCUT2D eigenvalue weighted by atomic mass is 9.89. The number of nitrogens with zero attached hydrogens (tertiary/aromatic N) is 3. The summed E-state index contributed by atoms with van der Waals surface area (Å²) < 4.78 is 0. The fourth-order valence-corrected chi connectivity index (χ4v) is 6.10. The Morgan fingerprint density at radius 3 is 1.51 bits per heavy atom. The molecule has 212 valence electrons. The van der Waals surface area contributed by atoms with E-state index in [1.807, 2.05) is 42.6 Å². The summed E-state index contributed by atoms with van der Waals surface area (Å²) in [6, 6.07) is 53.1. The van der Waals surface area contributed by atoms with Gasteiger partial charge in [-0.25, -0.2) is 9.97 Å². The van der Waals surface area contributed by atoms with Crippen molar-refractivity contribution in [2.24, 2.45) is 0 Å². The van der Waals surface area contributed by atoms with Gasteiger partial charge in [0.05, 0.1) is 17.1 Å². The minimum absolute atomic E-state index is 0.676. The van der Waals surface area contributed by atoms with Gasteiger partial charge in [-0.3, -0.25) is 4.98 Å². The molecule has 6 aromatic carbocycles. The molecule has 0 amide bonds. The molecule has 0 atom stereocenters. The number of hydrogen-bond acceptors (Lipinski definition) is 3. The highest BCUT2D eigenvalue weighted by Gasteiger charge is 2.16. The quantitative estimate of drug-likeness (QED) is 0.192. The van der Waals surface area contributed by atoms with Gasteiger partial charge in [0.15, 0.2) is 5.82 Å². The molecule has 2 heterocycles. The summed E-state index contributed by atoms with van der Waals surface area (Å²) >= 11 is 0. The van der Waals surface area contributed by atoms with Gasteiger partial charge in [-0.05, 0) is 81.6 Å². The van der Waals surface area contributed by atoms with Crippen LogP contribution in [-0.4, -0.2) is 15.0 Å². The van der Waals surface area contributed by atoms with Crippen LogP contribution in [-0.2, 0) is 0 Å². The Morgan fingerprint density at radius 1 is 0.400 bits per heavy atom. The molecule has 8 aromatic rings. The minimum Gasteiger partial charge on any atom is -0.256 e. The van der Waals surface area contributed by atoms with Gasteiger partial charge in [0.2, 0.25) is 0 Å². The highest BCUT2D eigenvalue weighted by molar-refractivity contribution is 6.13. The zero-order valence-corrected chi connectivity index (χ0v) is 24.9. The van der Waals surface area contributed by atoms with Gasteiger partial charge in [-0.2, -0.15) is 0 Å². The van der Waals surface area contributed by atoms with Gasteiger partial charge in [0.25, 0.3) is 0 Å². The van der Waals surface area contributed by atoms with Crippen LogP contribution in [0.25, 0.3) is 77.8 Å². The summed E-state index contributed by atoms with van der Waals surface area (Å²) in [5.74, 6) is 0.676. The first-order chi connectivity index (χ1) is 22.2. The lowest BCUT2D eigenvalue weighted by Crippen LogP contribution is -1.97. The van der Waals surface area contributed by atoms with Crippen LogP contribution in [0.5, 0.6) is 0 Å². The first kappa shape index (κ1) is 26.7. The Morgan fingerprint density at radius 2 is 0.933 bits per heavy atom. The minimum atomic E-state index is 0.676. The van der Waals surface area contributed by atoms with Crippen LogP contribution in [0, 0.1) is 6.92 Å². The molecule has 0 saturated carbocycles. The highest BCUT2D eigenvalue weighted by Crippen LogP contribution is 2.40. The molecule has 3 nitrogen and oxygen atoms in total. The van der Waals surface area contributed by atoms with Crippen molar-refractivity contribution in [1.82, 2.24) is 15.0 Å². The van der Waals surface area contributed by atoms with Crippen molar-refractivity contribution in [3.63, 3.8) is 0 Å². The van der Waals surface area contributed by atoms with Crippen LogP contribution in [0.3, 0.4) is 0 Å². The number of fused-ring (bicyclic) bond motifs is 2. The van der Waals surface area contributed by atoms with E-state index in [-0.39, 0.29) is 0 Å². The number of aryl methyl sites for hydroxylation is 1. The second-order valence-electron chi connectivity index (χ2n) is 11.4. The molecule has 0 unspecified atom stereocenters. The average Bonchev–Trinajstić information content (AvgIpc) is 3.11. The smallest absolute Gasteiger partial charge is 0.160 e. The van der Waals surface area contributed by atoms with Crippen molar-refractivity contribution in [1.29, 1.82) is 0 Å². The van der Waals surface area contributed by atoms with Crippen molar-refractivity contribution >= 4 is 21.5 Å². The maximum atomic E-state index is 5.18. The van der Waals surface area contributed by atoms with Gasteiger partial charge in [0, 0.05) is 28.5 Å². The van der Waals surface area contributed by atoms with E-state index < -0.39 is 0 Å². The monoisotopic (exact) mass is 575 g/mol. The van der Waals surface area contributed by atoms with Gasteiger partial charge in [-0.15, -0.1) is 0 Å². The van der Waals surface area contributed by atoms with E-state index in [0.717, 1.165) is 50.5 Å². The summed E-state index contributed by atoms with van der Waals surface area (Å²) in [5.41, 5.74) is 10.2. The molecule has 0 fully saturated rings. The van der Waals surface area contributed by atoms with E-state index in [9.17, 15) is 0 Å². The fourth-order valence-electron chi connectivity index (χ4n) is 6.10. The Kier molecular flexibility index (Phi) is 6.69. The molecule has 0 saturated heterocycles. The number of rotatable bonds is 5. The van der Waals surface area contributed by atoms with Gasteiger partial charge in [-0.1, -0.05) is 115 Å². The largest absolute Gasteiger partial charge is 0.256 e. The summed E-state index contributed by atoms with van der Waals surface area (Å²) in [5, 5.41) is 4.83. The summed E-state index contributed by atoms with van der Waals surface area (Å²) in [6.45, 7) is 2.06. The summed E-state index contributed by atoms with van der Waals surface area (Å²) in [6.07, 6.45) is 1.93. The molecule has 0 bridgehead atoms. The molecule has 0 aliphatic rings. The number of hydrogen-bond donors (Lipinski definition) is 0. The van der Waals surface area contributed by atoms with Crippen molar-refractivity contribution in [3.8, 4) is 56.3 Å². The molecule has 0 radical (unpaired) electrons. The number of benzene rings is 6. The molecular formula is C42H29N3. The van der Waals surface area contributed by atoms with Crippen molar-refractivity contribution in [2.75, 3.05) is 0 Å². The number of pyridine rings is 1. The predicted octanol–water partition coefficient (Wildman–Crippen LogP) is 10.8. The Hall–Kier alpha value is -5.93. The Bertz CT molecular complexity index is 2200. The van der Waals surface area contributed by atoms with Gasteiger partial charge < -0.3 is 0 Å². The van der Waals surface area contributed by atoms with Crippen molar-refractivity contribution in [3.05, 3.63) is 163 Å². The highest BCUT2D eigenvalue weighted by atomic mass is 14.9. The van der Waals surface area contributed by atoms with Gasteiger partial charge >= 0.3 is 0 Å². The molecule has 0 aliphatic heterocycles. The zero-order valence-electron chi connectivity index (χ0n) is 24.9. The molecule has 3 heteroatoms. The molecule has 8 rings (SSSR count). The topological polar surface area (TPSA) is 38.7 Å². The van der Waals surface area contributed by atoms with E-state index in [1.54, 1.807) is 0 Å². The standard InChI is InChI=1S/C42H29N3/c1-28-20-21-38(43-27-28)33-23-34(41-36-18-10-8-16-31(36)22-32-17-9-11-19-37(32)41)25-35(24-33)42-44-39(29-12-4-2-5-13-29)26-40(45-42)30-14-6-3-7-15-30/h2-27H,1H3. The van der Waals surface area contributed by atoms with Crippen molar-refractivity contribution < 1.29 is 0 Å². The Balaban J connectivity index is 1.43. The lowest BCUT2D eigenvalue weighted by molar-refractivity contribution is 1.18. The predicted molar refractivity (Wildman–Crippen MR) is 187 cm³/mol. The van der Waals surface area contributed by atoms with Crippen molar-refractivity contribution in [2.45, 2.75) is 6.92 Å². The van der Waals surface area contributed by atoms with Gasteiger partial charge in [0.1, 0.15) is 0 Å². The van der Waals surface area contributed by atoms with E-state index in [4.69, 9.17) is 15.0 Å². The third-order valence-corrected chi connectivity index (χ3v) is 8.32. The third kappa shape index (κ3) is 5.15. The van der Waals surface area contributed by atoms with Crippen LogP contribution >= 0.6 is 0 Å². The molecule has 2 aromatic heterocycles. The van der Waals surface area contributed by atoms with Crippen LogP contribution in [0.4, 0.5) is 0 Å². The normalized spacial score (nSPS) is 11.2. The maximum Gasteiger partial charge on any atom is 0.160 e. The van der Waals surface area contributed by atoms with E-state index in [2.05, 4.69) is 122 Å². The lowest BCUT2D eigenvalue weighted by Gasteiger charge is -2.16. The SMILES string of the molecule is Cc1ccc(-c2cc(-c3nc(-c4ccccc4)cc(-c4ccccc4)n3)cc(-c3c4ccccc4cc4ccccc34)c2)nc1. The third-order valence-electron chi connectivity index (χ3n) is 8.32. The van der Waals surface area contributed by atoms with Crippen LogP contribution in [0.15, 0.2) is 158 Å². The van der Waals surface area contributed by atoms with Crippen LogP contribution < -0.4 is 0 Å². The summed E-state index contributed by atoms with van der Waals surface area (Å²) in [4.78, 5) is 15.2. The van der Waals surface area contributed by atoms with Crippen LogP contribution in [0.2, 0.25) is 0 Å². The molecule has 45 heavy (non-hydrogen) atoms. The van der Waals surface area contributed by atoms with E-state index >= 15 is 0 Å². The van der Waals surface area contributed by atoms with Crippen LogP contribution in [0.1, 0.15) is 5.56 Å². The second-order valence-corrected chi connectivity index (χ2v) is 11.4. The molecule has 0 spiro atoms. The number of aromatic nitrogens is 3. The van der Waals surface area contributed by atoms with E-state index in [1.165, 1.54) is 27.1 Å².